The second kappa shape index (κ2) is 7.90. The Labute approximate surface area is 143 Å². The molecular formula is C19H26FN3O. The summed E-state index contributed by atoms with van der Waals surface area (Å²) in [5.41, 5.74) is 7.66. The molecule has 2 N–H and O–H groups in total. The highest BCUT2D eigenvalue weighted by Crippen LogP contribution is 2.25. The first-order valence-electron chi connectivity index (χ1n) is 8.83. The molecule has 0 unspecified atom stereocenters. The number of benzene rings is 1. The second-order valence-electron chi connectivity index (χ2n) is 6.68. The Balaban J connectivity index is 1.55. The number of piperidine rings is 1. The molecule has 4 nitrogen and oxygen atoms in total. The van der Waals surface area contributed by atoms with Crippen LogP contribution in [0.5, 0.6) is 0 Å². The molecule has 0 atom stereocenters. The summed E-state index contributed by atoms with van der Waals surface area (Å²) in [6.45, 7) is 4.89. The smallest absolute Gasteiger partial charge is 0.226 e. The van der Waals surface area contributed by atoms with E-state index in [1.807, 2.05) is 11.0 Å². The van der Waals surface area contributed by atoms with E-state index in [9.17, 15) is 9.18 Å². The van der Waals surface area contributed by atoms with Gasteiger partial charge in [0.1, 0.15) is 5.82 Å². The molecule has 0 saturated carbocycles. The van der Waals surface area contributed by atoms with E-state index in [0.29, 0.717) is 13.1 Å². The van der Waals surface area contributed by atoms with E-state index in [-0.39, 0.29) is 17.6 Å². The third kappa shape index (κ3) is 4.02. The number of carbonyl (C=O) groups excluding carboxylic acids is 1. The molecule has 24 heavy (non-hydrogen) atoms. The van der Waals surface area contributed by atoms with Gasteiger partial charge in [0.15, 0.2) is 0 Å². The van der Waals surface area contributed by atoms with E-state index in [2.05, 4.69) is 11.0 Å². The third-order valence-corrected chi connectivity index (χ3v) is 5.10. The molecule has 5 heteroatoms. The van der Waals surface area contributed by atoms with E-state index >= 15 is 0 Å². The molecule has 130 valence electrons. The number of likely N-dealkylation sites (tertiary alicyclic amines) is 1. The summed E-state index contributed by atoms with van der Waals surface area (Å²) in [6, 6.07) is 6.69. The van der Waals surface area contributed by atoms with Crippen molar-refractivity contribution in [2.24, 2.45) is 11.7 Å². The van der Waals surface area contributed by atoms with Crippen LogP contribution in [0.4, 0.5) is 4.39 Å². The first-order valence-corrected chi connectivity index (χ1v) is 8.83. The van der Waals surface area contributed by atoms with Gasteiger partial charge in [-0.25, -0.2) is 4.39 Å². The zero-order chi connectivity index (χ0) is 16.9. The number of hydrogen-bond acceptors (Lipinski definition) is 3. The van der Waals surface area contributed by atoms with Crippen molar-refractivity contribution in [3.05, 3.63) is 41.7 Å². The fourth-order valence-electron chi connectivity index (χ4n) is 3.66. The van der Waals surface area contributed by atoms with Crippen LogP contribution in [0.2, 0.25) is 0 Å². The van der Waals surface area contributed by atoms with Crippen molar-refractivity contribution in [1.82, 2.24) is 9.80 Å². The number of nitrogens with two attached hydrogens (primary N) is 1. The second-order valence-corrected chi connectivity index (χ2v) is 6.68. The highest BCUT2D eigenvalue weighted by atomic mass is 19.1. The molecule has 0 spiro atoms. The summed E-state index contributed by atoms with van der Waals surface area (Å²) in [5, 5.41) is 0. The van der Waals surface area contributed by atoms with Gasteiger partial charge < -0.3 is 15.5 Å². The molecule has 2 heterocycles. The van der Waals surface area contributed by atoms with Crippen LogP contribution in [0.25, 0.3) is 5.57 Å². The number of nitrogens with zero attached hydrogens (tertiary/aromatic N) is 2. The fraction of sp³-hybridized carbons (Fsp3) is 0.526. The van der Waals surface area contributed by atoms with Crippen LogP contribution in [-0.4, -0.2) is 55.0 Å². The monoisotopic (exact) mass is 331 g/mol. The number of carbonyl (C=O) groups is 1. The van der Waals surface area contributed by atoms with Crippen molar-refractivity contribution in [3.8, 4) is 0 Å². The Hall–Kier alpha value is -1.72. The normalized spacial score (nSPS) is 20.1. The first-order chi connectivity index (χ1) is 11.7. The molecular weight excluding hydrogens is 305 g/mol. The highest BCUT2D eigenvalue weighted by Gasteiger charge is 2.29. The van der Waals surface area contributed by atoms with Crippen LogP contribution in [0.15, 0.2) is 30.3 Å². The zero-order valence-electron chi connectivity index (χ0n) is 14.1. The number of hydrogen-bond donors (Lipinski definition) is 1. The molecule has 1 amide bonds. The lowest BCUT2D eigenvalue weighted by Gasteiger charge is -2.35. The zero-order valence-corrected chi connectivity index (χ0v) is 14.1. The first kappa shape index (κ1) is 17.1. The quantitative estimate of drug-likeness (QED) is 0.919. The minimum atomic E-state index is -0.212. The van der Waals surface area contributed by atoms with Crippen molar-refractivity contribution >= 4 is 11.5 Å². The molecule has 1 aromatic rings. The molecule has 0 aromatic heterocycles. The standard InChI is InChI=1S/C19H26FN3O/c20-18-3-1-2-17(14-18)15-6-11-23(12-7-15)19(24)16-4-9-22(10-5-16)13-8-21/h1-3,6,14,16H,4-5,7-13,21H2. The Morgan fingerprint density at radius 2 is 2.04 bits per heavy atom. The summed E-state index contributed by atoms with van der Waals surface area (Å²) in [5.74, 6) is 0.205. The number of amides is 1. The lowest BCUT2D eigenvalue weighted by Crippen LogP contribution is -2.44. The van der Waals surface area contributed by atoms with Gasteiger partial charge in [0.2, 0.25) is 5.91 Å². The van der Waals surface area contributed by atoms with E-state index in [1.165, 1.54) is 6.07 Å². The van der Waals surface area contributed by atoms with Gasteiger partial charge in [-0.05, 0) is 55.6 Å². The Morgan fingerprint density at radius 1 is 1.25 bits per heavy atom. The molecule has 1 saturated heterocycles. The Bertz CT molecular complexity index is 608. The van der Waals surface area contributed by atoms with Crippen LogP contribution in [0.3, 0.4) is 0 Å². The minimum Gasteiger partial charge on any atom is -0.338 e. The van der Waals surface area contributed by atoms with Gasteiger partial charge in [-0.2, -0.15) is 0 Å². The summed E-state index contributed by atoms with van der Waals surface area (Å²) in [4.78, 5) is 17.0. The highest BCUT2D eigenvalue weighted by molar-refractivity contribution is 5.80. The van der Waals surface area contributed by atoms with Crippen LogP contribution >= 0.6 is 0 Å². The lowest BCUT2D eigenvalue weighted by atomic mass is 9.93. The van der Waals surface area contributed by atoms with E-state index in [1.54, 1.807) is 12.1 Å². The maximum atomic E-state index is 13.4. The van der Waals surface area contributed by atoms with Gasteiger partial charge in [-0.3, -0.25) is 4.79 Å². The molecule has 0 aliphatic carbocycles. The van der Waals surface area contributed by atoms with Gasteiger partial charge in [0, 0.05) is 32.1 Å². The summed E-state index contributed by atoms with van der Waals surface area (Å²) in [7, 11) is 0. The van der Waals surface area contributed by atoms with Gasteiger partial charge in [-0.15, -0.1) is 0 Å². The minimum absolute atomic E-state index is 0.142. The van der Waals surface area contributed by atoms with Crippen LogP contribution < -0.4 is 5.73 Å². The van der Waals surface area contributed by atoms with Crippen molar-refractivity contribution in [3.63, 3.8) is 0 Å². The van der Waals surface area contributed by atoms with Crippen molar-refractivity contribution < 1.29 is 9.18 Å². The average molecular weight is 331 g/mol. The van der Waals surface area contributed by atoms with Crippen molar-refractivity contribution in [1.29, 1.82) is 0 Å². The van der Waals surface area contributed by atoms with Crippen molar-refractivity contribution in [2.45, 2.75) is 19.3 Å². The molecule has 0 bridgehead atoms. The van der Waals surface area contributed by atoms with Gasteiger partial charge in [0.05, 0.1) is 0 Å². The Kier molecular flexibility index (Phi) is 5.63. The molecule has 1 aromatic carbocycles. The SMILES string of the molecule is NCCN1CCC(C(=O)N2CC=C(c3cccc(F)c3)CC2)CC1. The van der Waals surface area contributed by atoms with Gasteiger partial charge in [0.25, 0.3) is 0 Å². The van der Waals surface area contributed by atoms with E-state index in [0.717, 1.165) is 56.6 Å². The molecule has 0 radical (unpaired) electrons. The predicted molar refractivity (Wildman–Crippen MR) is 93.8 cm³/mol. The molecule has 2 aliphatic heterocycles. The molecule has 3 rings (SSSR count). The summed E-state index contributed by atoms with van der Waals surface area (Å²) < 4.78 is 13.4. The average Bonchev–Trinajstić information content (AvgIpc) is 2.62. The summed E-state index contributed by atoms with van der Waals surface area (Å²) in [6.07, 6.45) is 4.71. The van der Waals surface area contributed by atoms with Gasteiger partial charge >= 0.3 is 0 Å². The number of rotatable bonds is 4. The van der Waals surface area contributed by atoms with E-state index < -0.39 is 0 Å². The van der Waals surface area contributed by atoms with Crippen molar-refractivity contribution in [2.75, 3.05) is 39.3 Å². The third-order valence-electron chi connectivity index (χ3n) is 5.10. The molecule has 2 aliphatic rings. The van der Waals surface area contributed by atoms with Crippen LogP contribution in [0.1, 0.15) is 24.8 Å². The van der Waals surface area contributed by atoms with Gasteiger partial charge in [-0.1, -0.05) is 18.2 Å². The summed E-state index contributed by atoms with van der Waals surface area (Å²) >= 11 is 0. The largest absolute Gasteiger partial charge is 0.338 e. The lowest BCUT2D eigenvalue weighted by molar-refractivity contribution is -0.136. The van der Waals surface area contributed by atoms with E-state index in [4.69, 9.17) is 5.73 Å². The van der Waals surface area contributed by atoms with Crippen LogP contribution in [-0.2, 0) is 4.79 Å². The van der Waals surface area contributed by atoms with Crippen LogP contribution in [0, 0.1) is 11.7 Å². The number of halogens is 1. The fourth-order valence-corrected chi connectivity index (χ4v) is 3.66. The maximum absolute atomic E-state index is 13.4. The predicted octanol–water partition coefficient (Wildman–Crippen LogP) is 2.11. The maximum Gasteiger partial charge on any atom is 0.226 e. The molecule has 1 fully saturated rings. The Morgan fingerprint density at radius 3 is 2.67 bits per heavy atom. The topological polar surface area (TPSA) is 49.6 Å².